The van der Waals surface area contributed by atoms with Crippen LogP contribution in [-0.4, -0.2) is 8.42 Å². The van der Waals surface area contributed by atoms with Crippen LogP contribution in [0.3, 0.4) is 0 Å². The van der Waals surface area contributed by atoms with Gasteiger partial charge in [-0.05, 0) is 0 Å². The van der Waals surface area contributed by atoms with Crippen LogP contribution in [0, 0.1) is 0 Å². The molecule has 4 radical (unpaired) electrons. The van der Waals surface area contributed by atoms with Crippen molar-refractivity contribution in [1.29, 1.82) is 0 Å². The van der Waals surface area contributed by atoms with Gasteiger partial charge in [0, 0.05) is 27.0 Å². The van der Waals surface area contributed by atoms with Gasteiger partial charge >= 0.3 is 11.6 Å². The third kappa shape index (κ3) is 106. The zero-order valence-corrected chi connectivity index (χ0v) is 4.49. The lowest BCUT2D eigenvalue weighted by Crippen LogP contribution is -1.18. The van der Waals surface area contributed by atoms with Gasteiger partial charge in [-0.2, -0.15) is 8.42 Å². The molecule has 0 saturated heterocycles. The number of rotatable bonds is 0. The summed E-state index contributed by atoms with van der Waals surface area (Å²) in [5.41, 5.74) is 0. The molecule has 0 aromatic carbocycles. The molecule has 0 aliphatic heterocycles. The molecular formula is O2S3. The highest BCUT2D eigenvalue weighted by atomic mass is 32.1. The molecule has 0 N–H and O–H groups in total. The maximum atomic E-state index is 8.29. The Morgan fingerprint density at radius 3 is 1.00 bits per heavy atom. The molecule has 0 aliphatic rings. The minimum Gasteiger partial charge on any atom is -0.168 e. The van der Waals surface area contributed by atoms with Crippen LogP contribution in [0.25, 0.3) is 0 Å². The van der Waals surface area contributed by atoms with Crippen molar-refractivity contribution in [1.82, 2.24) is 0 Å². The smallest absolute Gasteiger partial charge is 0.168 e. The lowest BCUT2D eigenvalue weighted by molar-refractivity contribution is 0.630. The van der Waals surface area contributed by atoms with Gasteiger partial charge in [-0.1, -0.05) is 0 Å². The van der Waals surface area contributed by atoms with Gasteiger partial charge < -0.3 is 0 Å². The summed E-state index contributed by atoms with van der Waals surface area (Å²) in [6.45, 7) is 0. The Bertz CT molecular complexity index is 25.9. The molecule has 30 valence electrons. The van der Waals surface area contributed by atoms with E-state index in [9.17, 15) is 0 Å². The van der Waals surface area contributed by atoms with E-state index in [-0.39, 0.29) is 27.0 Å². The summed E-state index contributed by atoms with van der Waals surface area (Å²) in [5.74, 6) is 0. The van der Waals surface area contributed by atoms with Crippen LogP contribution in [-0.2, 0) is 11.6 Å². The summed E-state index contributed by atoms with van der Waals surface area (Å²) in [4.78, 5) is 0. The van der Waals surface area contributed by atoms with Gasteiger partial charge in [-0.15, -0.1) is 0 Å². The molecule has 0 bridgehead atoms. The number of hydrogen-bond acceptors (Lipinski definition) is 2. The summed E-state index contributed by atoms with van der Waals surface area (Å²) in [7, 11) is 0. The van der Waals surface area contributed by atoms with E-state index in [2.05, 4.69) is 0 Å². The van der Waals surface area contributed by atoms with E-state index in [4.69, 9.17) is 8.42 Å². The second-order valence-electron chi connectivity index (χ2n) is 0.0680. The monoisotopic (exact) mass is 128 g/mol. The molecule has 0 heterocycles. The normalized spacial score (nSPS) is 2.40. The van der Waals surface area contributed by atoms with Gasteiger partial charge in [-0.3, -0.25) is 0 Å². The molecule has 0 aromatic heterocycles. The zero-order valence-electron chi connectivity index (χ0n) is 2.04. The molecule has 0 unspecified atom stereocenters. The van der Waals surface area contributed by atoms with Crippen molar-refractivity contribution in [3.8, 4) is 0 Å². The van der Waals surface area contributed by atoms with Gasteiger partial charge in [0.25, 0.3) is 0 Å². The Kier molecular flexibility index (Phi) is 86.1. The zero-order chi connectivity index (χ0) is 2.71. The summed E-state index contributed by atoms with van der Waals surface area (Å²) in [6, 6.07) is 0. The van der Waals surface area contributed by atoms with Crippen LogP contribution >= 0.6 is 27.0 Å². The summed E-state index contributed by atoms with van der Waals surface area (Å²) >= 11 is -0.750. The summed E-state index contributed by atoms with van der Waals surface area (Å²) < 4.78 is 16.6. The van der Waals surface area contributed by atoms with E-state index < -0.39 is 11.6 Å². The van der Waals surface area contributed by atoms with Gasteiger partial charge in [-0.25, -0.2) is 0 Å². The molecule has 0 aliphatic carbocycles. The van der Waals surface area contributed by atoms with Crippen LogP contribution in [0.2, 0.25) is 0 Å². The second-order valence-corrected chi connectivity index (χ2v) is 0.204. The predicted octanol–water partition coefficient (Wildman–Crippen LogP) is 0.626. The molecule has 0 fully saturated rings. The standard InChI is InChI=1S/O2S.2S/c1-3-2;;. The molecule has 0 atom stereocenters. The van der Waals surface area contributed by atoms with Gasteiger partial charge in [0.2, 0.25) is 0 Å². The topological polar surface area (TPSA) is 34.1 Å². The lowest BCUT2D eigenvalue weighted by atomic mass is 15.9. The number of hydrogen-bond donors (Lipinski definition) is 0. The quantitative estimate of drug-likeness (QED) is 0.479. The summed E-state index contributed by atoms with van der Waals surface area (Å²) in [5, 5.41) is 0. The van der Waals surface area contributed by atoms with E-state index in [1.807, 2.05) is 0 Å². The van der Waals surface area contributed by atoms with E-state index in [0.717, 1.165) is 0 Å². The van der Waals surface area contributed by atoms with Crippen LogP contribution in [0.4, 0.5) is 0 Å². The van der Waals surface area contributed by atoms with Crippen LogP contribution in [0.1, 0.15) is 0 Å². The Hall–Kier alpha value is 0.520. The predicted molar refractivity (Wildman–Crippen MR) is 24.1 cm³/mol. The SMILES string of the molecule is O=S=O.[S].[S]. The van der Waals surface area contributed by atoms with Crippen LogP contribution in [0.5, 0.6) is 0 Å². The Labute approximate surface area is 47.4 Å². The molecule has 0 spiro atoms. The largest absolute Gasteiger partial charge is 0.335 e. The highest BCUT2D eigenvalue weighted by Crippen LogP contribution is 0.846. The second kappa shape index (κ2) is 24.2. The molecule has 2 nitrogen and oxygen atoms in total. The highest BCUT2D eigenvalue weighted by Gasteiger charge is 1.12. The molecule has 0 rings (SSSR count). The van der Waals surface area contributed by atoms with Crippen molar-refractivity contribution >= 4 is 38.6 Å². The van der Waals surface area contributed by atoms with Crippen LogP contribution < -0.4 is 0 Å². The maximum absolute atomic E-state index is 8.29. The molecule has 0 amide bonds. The Morgan fingerprint density at radius 1 is 1.00 bits per heavy atom. The molecule has 0 saturated carbocycles. The van der Waals surface area contributed by atoms with E-state index in [1.165, 1.54) is 0 Å². The minimum atomic E-state index is -0.750. The first-order chi connectivity index (χ1) is 1.41. The first-order valence-corrected chi connectivity index (χ1v) is 1.00. The van der Waals surface area contributed by atoms with E-state index >= 15 is 0 Å². The average Bonchev–Trinajstić information content (AvgIpc) is 0.918. The van der Waals surface area contributed by atoms with Crippen molar-refractivity contribution < 1.29 is 8.42 Å². The maximum Gasteiger partial charge on any atom is 0.335 e. The van der Waals surface area contributed by atoms with Crippen molar-refractivity contribution in [3.05, 3.63) is 0 Å². The van der Waals surface area contributed by atoms with Gasteiger partial charge in [0.1, 0.15) is 0 Å². The lowest BCUT2D eigenvalue weighted by Gasteiger charge is -0.947. The third-order valence-electron chi connectivity index (χ3n) is 0. The van der Waals surface area contributed by atoms with E-state index in [1.54, 1.807) is 0 Å². The fraction of sp³-hybridized carbons (Fsp3) is 0. The molecule has 5 heavy (non-hydrogen) atoms. The first kappa shape index (κ1) is 17.8. The van der Waals surface area contributed by atoms with E-state index in [0.29, 0.717) is 0 Å². The van der Waals surface area contributed by atoms with Crippen molar-refractivity contribution in [2.45, 2.75) is 0 Å². The highest BCUT2D eigenvalue weighted by molar-refractivity contribution is 7.59. The van der Waals surface area contributed by atoms with Crippen molar-refractivity contribution in [2.75, 3.05) is 0 Å². The van der Waals surface area contributed by atoms with Gasteiger partial charge in [0.05, 0.1) is 0 Å². The van der Waals surface area contributed by atoms with Gasteiger partial charge in [0.15, 0.2) is 0 Å². The van der Waals surface area contributed by atoms with Crippen LogP contribution in [0.15, 0.2) is 0 Å². The fourth-order valence-corrected chi connectivity index (χ4v) is 0. The Morgan fingerprint density at radius 2 is 1.00 bits per heavy atom. The Balaban J connectivity index is -0.0000000200. The molecule has 5 heteroatoms. The minimum absolute atomic E-state index is 0. The van der Waals surface area contributed by atoms with Crippen molar-refractivity contribution in [2.24, 2.45) is 0 Å². The van der Waals surface area contributed by atoms with Crippen molar-refractivity contribution in [3.63, 3.8) is 0 Å². The first-order valence-electron chi connectivity index (χ1n) is 0.333. The third-order valence-corrected chi connectivity index (χ3v) is 0. The molecule has 0 aromatic rings. The average molecular weight is 128 g/mol. The molecular weight excluding hydrogens is 128 g/mol. The fourth-order valence-electron chi connectivity index (χ4n) is 0. The summed E-state index contributed by atoms with van der Waals surface area (Å²) in [6.07, 6.45) is 0.